The quantitative estimate of drug-likeness (QED) is 0.421. The van der Waals surface area contributed by atoms with Gasteiger partial charge in [0.25, 0.3) is 0 Å². The first-order valence-corrected chi connectivity index (χ1v) is 12.4. The van der Waals surface area contributed by atoms with E-state index in [4.69, 9.17) is 9.47 Å². The lowest BCUT2D eigenvalue weighted by atomic mass is 10.0. The third kappa shape index (κ3) is 9.31. The summed E-state index contributed by atoms with van der Waals surface area (Å²) in [5.74, 6) is 0.107. The van der Waals surface area contributed by atoms with Crippen molar-refractivity contribution in [2.45, 2.75) is 91.5 Å². The van der Waals surface area contributed by atoms with E-state index in [1.807, 2.05) is 37.3 Å². The zero-order chi connectivity index (χ0) is 26.7. The van der Waals surface area contributed by atoms with Crippen molar-refractivity contribution in [3.05, 3.63) is 47.5 Å². The van der Waals surface area contributed by atoms with Crippen molar-refractivity contribution in [1.82, 2.24) is 25.4 Å². The predicted molar refractivity (Wildman–Crippen MR) is 135 cm³/mol. The van der Waals surface area contributed by atoms with Crippen molar-refractivity contribution in [2.24, 2.45) is 0 Å². The molecule has 198 valence electrons. The first-order chi connectivity index (χ1) is 17.0. The van der Waals surface area contributed by atoms with Crippen LogP contribution < -0.4 is 10.6 Å². The molecule has 0 saturated heterocycles. The molecule has 0 radical (unpaired) electrons. The Morgan fingerprint density at radius 2 is 1.64 bits per heavy atom. The Kier molecular flexibility index (Phi) is 10.9. The number of benzene rings is 1. The molecule has 2 rings (SSSR count). The van der Waals surface area contributed by atoms with Crippen LogP contribution in [0.4, 0.5) is 4.79 Å². The molecule has 36 heavy (non-hydrogen) atoms. The summed E-state index contributed by atoms with van der Waals surface area (Å²) >= 11 is 0. The summed E-state index contributed by atoms with van der Waals surface area (Å²) in [5.41, 5.74) is 0.313. The molecule has 2 aromatic rings. The molecular weight excluding hydrogens is 462 g/mol. The molecule has 1 heterocycles. The Morgan fingerprint density at radius 3 is 2.19 bits per heavy atom. The van der Waals surface area contributed by atoms with Crippen LogP contribution in [0.2, 0.25) is 0 Å². The fourth-order valence-electron chi connectivity index (χ4n) is 3.77. The molecule has 0 fully saturated rings. The summed E-state index contributed by atoms with van der Waals surface area (Å²) in [6.07, 6.45) is 2.13. The van der Waals surface area contributed by atoms with E-state index in [1.54, 1.807) is 32.3 Å². The Morgan fingerprint density at radius 1 is 1.00 bits per heavy atom. The highest BCUT2D eigenvalue weighted by atomic mass is 16.6. The summed E-state index contributed by atoms with van der Waals surface area (Å²) in [4.78, 5) is 37.3. The molecular formula is C26H39N5O5. The highest BCUT2D eigenvalue weighted by molar-refractivity contribution is 5.73. The van der Waals surface area contributed by atoms with Gasteiger partial charge in [0, 0.05) is 6.92 Å². The second-order valence-corrected chi connectivity index (χ2v) is 9.59. The van der Waals surface area contributed by atoms with Gasteiger partial charge in [-0.2, -0.15) is 0 Å². The van der Waals surface area contributed by atoms with Crippen molar-refractivity contribution in [3.63, 3.8) is 0 Å². The molecule has 0 unspecified atom stereocenters. The van der Waals surface area contributed by atoms with Gasteiger partial charge in [0.1, 0.15) is 12.1 Å². The number of nitrogens with zero attached hydrogens (tertiary/aromatic N) is 3. The fraction of sp³-hybridized carbons (Fsp3) is 0.577. The molecule has 0 aliphatic heterocycles. The van der Waals surface area contributed by atoms with Crippen molar-refractivity contribution in [1.29, 1.82) is 0 Å². The number of hydrogen-bond donors (Lipinski definition) is 2. The molecule has 2 amide bonds. The highest BCUT2D eigenvalue weighted by Crippen LogP contribution is 2.25. The number of carbonyl (C=O) groups excluding carboxylic acids is 3. The van der Waals surface area contributed by atoms with Crippen LogP contribution in [-0.2, 0) is 32.0 Å². The molecule has 10 heteroatoms. The minimum absolute atomic E-state index is 0.158. The van der Waals surface area contributed by atoms with E-state index in [0.29, 0.717) is 24.5 Å². The molecule has 2 atom stereocenters. The number of esters is 1. The van der Waals surface area contributed by atoms with Gasteiger partial charge in [0.05, 0.1) is 18.7 Å². The number of ether oxygens (including phenoxy) is 2. The normalized spacial score (nSPS) is 12.9. The minimum Gasteiger partial charge on any atom is -0.465 e. The van der Waals surface area contributed by atoms with Crippen LogP contribution in [-0.4, -0.2) is 44.9 Å². The van der Waals surface area contributed by atoms with Crippen molar-refractivity contribution in [2.75, 3.05) is 6.61 Å². The average Bonchev–Trinajstić information content (AvgIpc) is 3.18. The van der Waals surface area contributed by atoms with Crippen LogP contribution in [0.1, 0.15) is 90.1 Å². The van der Waals surface area contributed by atoms with Gasteiger partial charge in [-0.05, 0) is 46.1 Å². The fourth-order valence-corrected chi connectivity index (χ4v) is 3.77. The van der Waals surface area contributed by atoms with Gasteiger partial charge in [0.15, 0.2) is 11.6 Å². The zero-order valence-electron chi connectivity index (χ0n) is 22.2. The third-order valence-corrected chi connectivity index (χ3v) is 5.22. The molecule has 0 saturated carbocycles. The first-order valence-electron chi connectivity index (χ1n) is 12.4. The minimum atomic E-state index is -0.671. The predicted octanol–water partition coefficient (Wildman–Crippen LogP) is 4.02. The van der Waals surface area contributed by atoms with Crippen molar-refractivity contribution >= 4 is 18.0 Å². The molecule has 2 N–H and O–H groups in total. The molecule has 0 bridgehead atoms. The van der Waals surface area contributed by atoms with Crippen LogP contribution in [0.5, 0.6) is 0 Å². The number of hydrogen-bond acceptors (Lipinski definition) is 7. The van der Waals surface area contributed by atoms with E-state index < -0.39 is 29.7 Å². The summed E-state index contributed by atoms with van der Waals surface area (Å²) in [5, 5.41) is 14.6. The third-order valence-electron chi connectivity index (χ3n) is 5.22. The van der Waals surface area contributed by atoms with E-state index in [0.717, 1.165) is 18.4 Å². The van der Waals surface area contributed by atoms with E-state index in [2.05, 4.69) is 20.8 Å². The maximum atomic E-state index is 12.6. The number of rotatable bonds is 12. The van der Waals surface area contributed by atoms with Gasteiger partial charge in [-0.1, -0.05) is 50.1 Å². The number of aromatic nitrogens is 3. The molecule has 1 aromatic heterocycles. The van der Waals surface area contributed by atoms with E-state index in [1.165, 1.54) is 6.92 Å². The van der Waals surface area contributed by atoms with Gasteiger partial charge in [-0.3, -0.25) is 9.59 Å². The molecule has 0 spiro atoms. The second-order valence-electron chi connectivity index (χ2n) is 9.59. The topological polar surface area (TPSA) is 124 Å². The van der Waals surface area contributed by atoms with Crippen molar-refractivity contribution < 1.29 is 23.9 Å². The maximum absolute atomic E-state index is 12.6. The average molecular weight is 502 g/mol. The highest BCUT2D eigenvalue weighted by Gasteiger charge is 2.29. The number of nitrogens with one attached hydrogen (secondary N) is 2. The van der Waals surface area contributed by atoms with Gasteiger partial charge >= 0.3 is 12.1 Å². The SMILES string of the molecule is CCCC[C@H](NC(=O)OC(C)(C)C)c1nnc([C@H](Cc2ccccc2)NC(C)=O)n1CC(=O)OCC. The van der Waals surface area contributed by atoms with Crippen molar-refractivity contribution in [3.8, 4) is 0 Å². The van der Waals surface area contributed by atoms with Crippen LogP contribution in [0.3, 0.4) is 0 Å². The van der Waals surface area contributed by atoms with Crippen LogP contribution >= 0.6 is 0 Å². The first kappa shape index (κ1) is 28.8. The Balaban J connectivity index is 2.51. The summed E-state index contributed by atoms with van der Waals surface area (Å²) < 4.78 is 12.3. The van der Waals surface area contributed by atoms with Crippen LogP contribution in [0, 0.1) is 0 Å². The van der Waals surface area contributed by atoms with E-state index in [-0.39, 0.29) is 19.1 Å². The number of amides is 2. The Labute approximate surface area is 213 Å². The molecule has 10 nitrogen and oxygen atoms in total. The standard InChI is InChI=1S/C26H39N5O5/c1-7-9-15-20(28-25(34)36-26(4,5)6)23-29-30-24(31(23)17-22(33)35-8-2)21(27-18(3)32)16-19-13-11-10-12-14-19/h10-14,20-21H,7-9,15-17H2,1-6H3,(H,27,32)(H,28,34)/t20-,21-/m0/s1. The Bertz CT molecular complexity index is 1000. The number of unbranched alkanes of at least 4 members (excludes halogenated alkanes) is 1. The molecule has 1 aromatic carbocycles. The summed E-state index contributed by atoms with van der Waals surface area (Å²) in [6, 6.07) is 8.56. The van der Waals surface area contributed by atoms with Crippen LogP contribution in [0.25, 0.3) is 0 Å². The number of carbonyl (C=O) groups is 3. The lowest BCUT2D eigenvalue weighted by Gasteiger charge is -2.24. The number of alkyl carbamates (subject to hydrolysis) is 1. The van der Waals surface area contributed by atoms with Crippen LogP contribution in [0.15, 0.2) is 30.3 Å². The molecule has 0 aliphatic rings. The van der Waals surface area contributed by atoms with E-state index in [9.17, 15) is 14.4 Å². The smallest absolute Gasteiger partial charge is 0.408 e. The van der Waals surface area contributed by atoms with Gasteiger partial charge < -0.3 is 24.7 Å². The van der Waals surface area contributed by atoms with Gasteiger partial charge in [-0.25, -0.2) is 4.79 Å². The van der Waals surface area contributed by atoms with Gasteiger partial charge in [0.2, 0.25) is 5.91 Å². The maximum Gasteiger partial charge on any atom is 0.408 e. The summed E-state index contributed by atoms with van der Waals surface area (Å²) in [6.45, 7) is 10.6. The largest absolute Gasteiger partial charge is 0.465 e. The van der Waals surface area contributed by atoms with Gasteiger partial charge in [-0.15, -0.1) is 10.2 Å². The van der Waals surface area contributed by atoms with E-state index >= 15 is 0 Å². The monoisotopic (exact) mass is 501 g/mol. The lowest BCUT2D eigenvalue weighted by Crippen LogP contribution is -2.37. The zero-order valence-corrected chi connectivity index (χ0v) is 22.2. The Hall–Kier alpha value is -3.43. The second kappa shape index (κ2) is 13.6. The summed E-state index contributed by atoms with van der Waals surface area (Å²) in [7, 11) is 0. The molecule has 0 aliphatic carbocycles. The lowest BCUT2D eigenvalue weighted by molar-refractivity contribution is -0.143.